The predicted octanol–water partition coefficient (Wildman–Crippen LogP) is 3.45. The predicted molar refractivity (Wildman–Crippen MR) is 60.0 cm³/mol. The van der Waals surface area contributed by atoms with E-state index >= 15 is 0 Å². The molecule has 0 aromatic carbocycles. The molecule has 2 nitrogen and oxygen atoms in total. The minimum Gasteiger partial charge on any atom is -0.267 e. The molecule has 0 amide bonds. The molecule has 13 heavy (non-hydrogen) atoms. The molecule has 1 aromatic heterocycles. The molecule has 0 unspecified atom stereocenters. The number of aromatic nitrogens is 2. The van der Waals surface area contributed by atoms with Gasteiger partial charge in [0.15, 0.2) is 0 Å². The van der Waals surface area contributed by atoms with Gasteiger partial charge in [-0.15, -0.1) is 0 Å². The van der Waals surface area contributed by atoms with Crippen molar-refractivity contribution in [3.8, 4) is 0 Å². The zero-order valence-electron chi connectivity index (χ0n) is 8.50. The quantitative estimate of drug-likeness (QED) is 0.777. The van der Waals surface area contributed by atoms with Crippen LogP contribution < -0.4 is 0 Å². The van der Waals surface area contributed by atoms with Gasteiger partial charge in [-0.3, -0.25) is 4.68 Å². The Labute approximate surface area is 87.8 Å². The van der Waals surface area contributed by atoms with Crippen LogP contribution in [0.1, 0.15) is 36.8 Å². The number of hydrogen-bond donors (Lipinski definition) is 0. The van der Waals surface area contributed by atoms with E-state index in [1.54, 1.807) is 0 Å². The van der Waals surface area contributed by atoms with Crippen molar-refractivity contribution in [1.29, 1.82) is 0 Å². The molecule has 1 aromatic rings. The zero-order valence-corrected chi connectivity index (χ0v) is 10.1. The summed E-state index contributed by atoms with van der Waals surface area (Å²) in [5, 5.41) is 4.47. The smallest absolute Gasteiger partial charge is 0.0669 e. The highest BCUT2D eigenvalue weighted by Crippen LogP contribution is 2.18. The highest BCUT2D eigenvalue weighted by atomic mass is 79.9. The van der Waals surface area contributed by atoms with Crippen LogP contribution in [-0.2, 0) is 0 Å². The Kier molecular flexibility index (Phi) is 3.31. The first-order chi connectivity index (χ1) is 6.07. The standard InChI is InChI=1S/C10H15BrN2/c1-7(2)13-9(4)10(5-6-11)8(3)12-13/h5-7H,1-4H3/b6-5+. The first-order valence-electron chi connectivity index (χ1n) is 4.40. The summed E-state index contributed by atoms with van der Waals surface area (Å²) in [6, 6.07) is 0.427. The SMILES string of the molecule is Cc1nn(C(C)C)c(C)c1/C=C/Br. The van der Waals surface area contributed by atoms with E-state index in [1.807, 2.05) is 18.0 Å². The Morgan fingerprint density at radius 1 is 1.38 bits per heavy atom. The lowest BCUT2D eigenvalue weighted by molar-refractivity contribution is 0.516. The number of halogens is 1. The topological polar surface area (TPSA) is 17.8 Å². The Bertz CT molecular complexity index is 324. The van der Waals surface area contributed by atoms with Crippen LogP contribution in [0.4, 0.5) is 0 Å². The Hall–Kier alpha value is -0.570. The maximum absolute atomic E-state index is 4.47. The van der Waals surface area contributed by atoms with Crippen molar-refractivity contribution in [1.82, 2.24) is 9.78 Å². The fourth-order valence-corrected chi connectivity index (χ4v) is 1.75. The molecule has 0 aliphatic carbocycles. The van der Waals surface area contributed by atoms with Crippen LogP contribution in [0.3, 0.4) is 0 Å². The van der Waals surface area contributed by atoms with Crippen LogP contribution in [0.15, 0.2) is 4.99 Å². The molecule has 0 N–H and O–H groups in total. The summed E-state index contributed by atoms with van der Waals surface area (Å²) >= 11 is 3.28. The summed E-state index contributed by atoms with van der Waals surface area (Å²) in [6.45, 7) is 8.42. The van der Waals surface area contributed by atoms with E-state index in [-0.39, 0.29) is 0 Å². The van der Waals surface area contributed by atoms with Crippen LogP contribution in [0, 0.1) is 13.8 Å². The lowest BCUT2D eigenvalue weighted by atomic mass is 10.2. The summed E-state index contributed by atoms with van der Waals surface area (Å²) in [6.07, 6.45) is 2.04. The summed E-state index contributed by atoms with van der Waals surface area (Å²) in [5.41, 5.74) is 3.52. The van der Waals surface area contributed by atoms with Gasteiger partial charge in [-0.1, -0.05) is 15.9 Å². The summed E-state index contributed by atoms with van der Waals surface area (Å²) in [4.78, 5) is 1.87. The van der Waals surface area contributed by atoms with Crippen LogP contribution >= 0.6 is 15.9 Å². The van der Waals surface area contributed by atoms with Gasteiger partial charge >= 0.3 is 0 Å². The molecule has 0 radical (unpaired) electrons. The van der Waals surface area contributed by atoms with Crippen molar-refractivity contribution in [2.45, 2.75) is 33.7 Å². The monoisotopic (exact) mass is 242 g/mol. The maximum atomic E-state index is 4.47. The Morgan fingerprint density at radius 3 is 2.38 bits per heavy atom. The van der Waals surface area contributed by atoms with Gasteiger partial charge in [-0.2, -0.15) is 5.10 Å². The Balaban J connectivity index is 3.22. The molecule has 0 spiro atoms. The van der Waals surface area contributed by atoms with E-state index in [0.29, 0.717) is 6.04 Å². The molecular weight excluding hydrogens is 228 g/mol. The van der Waals surface area contributed by atoms with E-state index in [4.69, 9.17) is 0 Å². The highest BCUT2D eigenvalue weighted by Gasteiger charge is 2.10. The third-order valence-corrected chi connectivity index (χ3v) is 2.36. The van der Waals surface area contributed by atoms with Crippen molar-refractivity contribution in [3.05, 3.63) is 21.9 Å². The van der Waals surface area contributed by atoms with E-state index in [9.17, 15) is 0 Å². The van der Waals surface area contributed by atoms with Crippen LogP contribution in [0.25, 0.3) is 6.08 Å². The first-order valence-corrected chi connectivity index (χ1v) is 5.32. The number of hydrogen-bond acceptors (Lipinski definition) is 1. The van der Waals surface area contributed by atoms with Gasteiger partial charge in [0.25, 0.3) is 0 Å². The van der Waals surface area contributed by atoms with Gasteiger partial charge in [0.1, 0.15) is 0 Å². The summed E-state index contributed by atoms with van der Waals surface area (Å²) in [7, 11) is 0. The van der Waals surface area contributed by atoms with Crippen molar-refractivity contribution < 1.29 is 0 Å². The van der Waals surface area contributed by atoms with Gasteiger partial charge in [0.2, 0.25) is 0 Å². The molecule has 0 aliphatic heterocycles. The largest absolute Gasteiger partial charge is 0.267 e. The second kappa shape index (κ2) is 4.09. The number of nitrogens with zero attached hydrogens (tertiary/aromatic N) is 2. The van der Waals surface area contributed by atoms with Crippen LogP contribution in [0.5, 0.6) is 0 Å². The maximum Gasteiger partial charge on any atom is 0.0669 e. The van der Waals surface area contributed by atoms with Gasteiger partial charge in [-0.25, -0.2) is 0 Å². The first kappa shape index (κ1) is 10.5. The molecule has 0 saturated heterocycles. The minimum absolute atomic E-state index is 0.427. The molecule has 0 fully saturated rings. The van der Waals surface area contributed by atoms with Crippen molar-refractivity contribution in [2.75, 3.05) is 0 Å². The third kappa shape index (κ3) is 2.02. The average Bonchev–Trinajstić information content (AvgIpc) is 2.32. The molecular formula is C10H15BrN2. The van der Waals surface area contributed by atoms with Crippen LogP contribution in [0.2, 0.25) is 0 Å². The second-order valence-electron chi connectivity index (χ2n) is 3.42. The fourth-order valence-electron chi connectivity index (χ4n) is 1.48. The van der Waals surface area contributed by atoms with E-state index < -0.39 is 0 Å². The molecule has 3 heteroatoms. The Morgan fingerprint density at radius 2 is 2.00 bits per heavy atom. The molecule has 0 atom stereocenters. The molecule has 1 rings (SSSR count). The average molecular weight is 243 g/mol. The third-order valence-electron chi connectivity index (χ3n) is 2.10. The summed E-state index contributed by atoms with van der Waals surface area (Å²) < 4.78 is 2.05. The van der Waals surface area contributed by atoms with Gasteiger partial charge in [0.05, 0.1) is 5.69 Å². The van der Waals surface area contributed by atoms with E-state index in [0.717, 1.165) is 5.69 Å². The van der Waals surface area contributed by atoms with Gasteiger partial charge in [0, 0.05) is 17.3 Å². The molecule has 0 saturated carbocycles. The minimum atomic E-state index is 0.427. The van der Waals surface area contributed by atoms with Crippen LogP contribution in [-0.4, -0.2) is 9.78 Å². The lowest BCUT2D eigenvalue weighted by Crippen LogP contribution is -2.04. The van der Waals surface area contributed by atoms with E-state index in [2.05, 4.69) is 46.5 Å². The summed E-state index contributed by atoms with van der Waals surface area (Å²) in [5.74, 6) is 0. The van der Waals surface area contributed by atoms with Crippen molar-refractivity contribution in [2.24, 2.45) is 0 Å². The number of rotatable bonds is 2. The normalized spacial score (nSPS) is 11.8. The van der Waals surface area contributed by atoms with Crippen molar-refractivity contribution in [3.63, 3.8) is 0 Å². The highest BCUT2D eigenvalue weighted by molar-refractivity contribution is 9.11. The number of aryl methyl sites for hydroxylation is 1. The molecule has 72 valence electrons. The van der Waals surface area contributed by atoms with Crippen molar-refractivity contribution >= 4 is 22.0 Å². The lowest BCUT2D eigenvalue weighted by Gasteiger charge is -2.07. The van der Waals surface area contributed by atoms with E-state index in [1.165, 1.54) is 11.3 Å². The van der Waals surface area contributed by atoms with Gasteiger partial charge < -0.3 is 0 Å². The second-order valence-corrected chi connectivity index (χ2v) is 3.94. The molecule has 0 bridgehead atoms. The fraction of sp³-hybridized carbons (Fsp3) is 0.500. The molecule has 1 heterocycles. The van der Waals surface area contributed by atoms with Gasteiger partial charge in [-0.05, 0) is 38.8 Å². The zero-order chi connectivity index (χ0) is 10.0. The molecule has 0 aliphatic rings.